The number of amides is 4. The lowest BCUT2D eigenvalue weighted by atomic mass is 9.62. The van der Waals surface area contributed by atoms with Crippen molar-refractivity contribution in [3.63, 3.8) is 0 Å². The van der Waals surface area contributed by atoms with Crippen LogP contribution in [-0.4, -0.2) is 36.7 Å². The van der Waals surface area contributed by atoms with Gasteiger partial charge in [-0.05, 0) is 55.8 Å². The molecule has 0 aromatic heterocycles. The van der Waals surface area contributed by atoms with Gasteiger partial charge < -0.3 is 21.3 Å². The fourth-order valence-electron chi connectivity index (χ4n) is 4.27. The molecule has 0 aromatic rings. The molecule has 136 valence electrons. The van der Waals surface area contributed by atoms with Crippen molar-refractivity contribution in [1.29, 1.82) is 0 Å². The van der Waals surface area contributed by atoms with E-state index in [9.17, 15) is 9.59 Å². The molecule has 4 N–H and O–H groups in total. The van der Waals surface area contributed by atoms with E-state index in [2.05, 4.69) is 42.0 Å². The van der Waals surface area contributed by atoms with Crippen LogP contribution in [0.4, 0.5) is 9.59 Å². The van der Waals surface area contributed by atoms with Crippen LogP contribution < -0.4 is 21.3 Å². The molecule has 24 heavy (non-hydrogen) atoms. The molecule has 0 aromatic carbocycles. The summed E-state index contributed by atoms with van der Waals surface area (Å²) in [6.07, 6.45) is 7.32. The van der Waals surface area contributed by atoms with Crippen LogP contribution in [0.15, 0.2) is 0 Å². The van der Waals surface area contributed by atoms with Gasteiger partial charge in [0, 0.05) is 24.7 Å². The van der Waals surface area contributed by atoms with Gasteiger partial charge in [-0.1, -0.05) is 20.8 Å². The van der Waals surface area contributed by atoms with Gasteiger partial charge >= 0.3 is 12.1 Å². The van der Waals surface area contributed by atoms with Gasteiger partial charge in [0.2, 0.25) is 0 Å². The number of urea groups is 2. The molecule has 0 aliphatic heterocycles. The van der Waals surface area contributed by atoms with Crippen molar-refractivity contribution in [3.05, 3.63) is 0 Å². The SMILES string of the molecule is CC1(C)C[C@@H](NC(=O)NC2CC2)C[C@](C)(CNC(=O)NC2CC2)C1. The highest BCUT2D eigenvalue weighted by molar-refractivity contribution is 5.75. The largest absolute Gasteiger partial charge is 0.338 e. The summed E-state index contributed by atoms with van der Waals surface area (Å²) in [6, 6.07) is 0.813. The number of hydrogen-bond acceptors (Lipinski definition) is 2. The van der Waals surface area contributed by atoms with E-state index in [4.69, 9.17) is 0 Å². The Kier molecular flexibility index (Phi) is 4.67. The average molecular weight is 336 g/mol. The number of hydrogen-bond donors (Lipinski definition) is 4. The van der Waals surface area contributed by atoms with Crippen molar-refractivity contribution in [2.45, 2.75) is 83.8 Å². The monoisotopic (exact) mass is 336 g/mol. The van der Waals surface area contributed by atoms with Gasteiger partial charge in [0.25, 0.3) is 0 Å². The molecule has 0 spiro atoms. The second-order valence-corrected chi connectivity index (χ2v) is 9.25. The molecule has 0 radical (unpaired) electrons. The van der Waals surface area contributed by atoms with Gasteiger partial charge in [-0.2, -0.15) is 0 Å². The molecule has 3 aliphatic rings. The maximum absolute atomic E-state index is 12.1. The van der Waals surface area contributed by atoms with E-state index in [1.807, 2.05) is 0 Å². The third-order valence-electron chi connectivity index (χ3n) is 5.28. The zero-order valence-electron chi connectivity index (χ0n) is 15.2. The second kappa shape index (κ2) is 6.45. The molecule has 0 heterocycles. The van der Waals surface area contributed by atoms with E-state index >= 15 is 0 Å². The van der Waals surface area contributed by atoms with Crippen LogP contribution >= 0.6 is 0 Å². The minimum Gasteiger partial charge on any atom is -0.338 e. The van der Waals surface area contributed by atoms with E-state index in [1.54, 1.807) is 0 Å². The lowest BCUT2D eigenvalue weighted by Crippen LogP contribution is -2.53. The smallest absolute Gasteiger partial charge is 0.315 e. The number of rotatable bonds is 5. The molecule has 6 nitrogen and oxygen atoms in total. The first-order valence-electron chi connectivity index (χ1n) is 9.35. The van der Waals surface area contributed by atoms with Crippen LogP contribution in [0.3, 0.4) is 0 Å². The molecule has 3 saturated carbocycles. The third-order valence-corrected chi connectivity index (χ3v) is 5.28. The molecule has 0 unspecified atom stereocenters. The van der Waals surface area contributed by atoms with E-state index in [1.165, 1.54) is 0 Å². The summed E-state index contributed by atoms with van der Waals surface area (Å²) >= 11 is 0. The highest BCUT2D eigenvalue weighted by Crippen LogP contribution is 2.45. The Hall–Kier alpha value is -1.46. The molecule has 4 amide bonds. The summed E-state index contributed by atoms with van der Waals surface area (Å²) in [6.45, 7) is 7.38. The van der Waals surface area contributed by atoms with Crippen molar-refractivity contribution in [2.24, 2.45) is 10.8 Å². The van der Waals surface area contributed by atoms with Crippen LogP contribution in [0.25, 0.3) is 0 Å². The molecular formula is C18H32N4O2. The van der Waals surface area contributed by atoms with Crippen molar-refractivity contribution < 1.29 is 9.59 Å². The average Bonchev–Trinajstić information content (AvgIpc) is 3.30. The first-order chi connectivity index (χ1) is 11.2. The van der Waals surface area contributed by atoms with Crippen LogP contribution in [-0.2, 0) is 0 Å². The summed E-state index contributed by atoms with van der Waals surface area (Å²) in [5.74, 6) is 0. The highest BCUT2D eigenvalue weighted by Gasteiger charge is 2.42. The maximum atomic E-state index is 12.1. The predicted octanol–water partition coefficient (Wildman–Crippen LogP) is 2.49. The zero-order valence-corrected chi connectivity index (χ0v) is 15.2. The van der Waals surface area contributed by atoms with Crippen molar-refractivity contribution in [1.82, 2.24) is 21.3 Å². The molecule has 2 atom stereocenters. The Labute approximate surface area is 144 Å². The minimum absolute atomic E-state index is 0.000167. The van der Waals surface area contributed by atoms with Crippen LogP contribution in [0.5, 0.6) is 0 Å². The number of carbonyl (C=O) groups excluding carboxylic acids is 2. The lowest BCUT2D eigenvalue weighted by molar-refractivity contribution is 0.0749. The van der Waals surface area contributed by atoms with E-state index in [0.29, 0.717) is 18.6 Å². The predicted molar refractivity (Wildman–Crippen MR) is 93.8 cm³/mol. The first-order valence-corrected chi connectivity index (χ1v) is 9.35. The van der Waals surface area contributed by atoms with Gasteiger partial charge in [-0.3, -0.25) is 0 Å². The molecule has 3 fully saturated rings. The second-order valence-electron chi connectivity index (χ2n) is 9.25. The fraction of sp³-hybridized carbons (Fsp3) is 0.889. The van der Waals surface area contributed by atoms with Crippen LogP contribution in [0.1, 0.15) is 65.7 Å². The Bertz CT molecular complexity index is 499. The van der Waals surface area contributed by atoms with Crippen LogP contribution in [0.2, 0.25) is 0 Å². The van der Waals surface area contributed by atoms with Crippen molar-refractivity contribution >= 4 is 12.1 Å². The standard InChI is InChI=1S/C18H32N4O2/c1-17(2)8-14(22-16(24)21-13-6-7-13)9-18(3,10-17)11-19-15(23)20-12-4-5-12/h12-14H,4-11H2,1-3H3,(H2,19,20,23)(H2,21,22,24)/t14-,18+/m1/s1. The van der Waals surface area contributed by atoms with E-state index in [0.717, 1.165) is 44.9 Å². The first kappa shape index (κ1) is 17.4. The normalized spacial score (nSPS) is 31.9. The summed E-state index contributed by atoms with van der Waals surface area (Å²) < 4.78 is 0. The van der Waals surface area contributed by atoms with E-state index in [-0.39, 0.29) is 28.9 Å². The summed E-state index contributed by atoms with van der Waals surface area (Å²) in [7, 11) is 0. The van der Waals surface area contributed by atoms with Crippen LogP contribution in [0, 0.1) is 10.8 Å². The lowest BCUT2D eigenvalue weighted by Gasteiger charge is -2.46. The third kappa shape index (κ3) is 5.28. The maximum Gasteiger partial charge on any atom is 0.315 e. The Balaban J connectivity index is 1.52. The fourth-order valence-corrected chi connectivity index (χ4v) is 4.27. The van der Waals surface area contributed by atoms with Crippen molar-refractivity contribution in [3.8, 4) is 0 Å². The Morgan fingerprint density at radius 3 is 1.96 bits per heavy atom. The number of carbonyl (C=O) groups is 2. The highest BCUT2D eigenvalue weighted by atomic mass is 16.2. The van der Waals surface area contributed by atoms with Gasteiger partial charge in [-0.15, -0.1) is 0 Å². The molecule has 6 heteroatoms. The summed E-state index contributed by atoms with van der Waals surface area (Å²) in [5.41, 5.74) is 0.152. The van der Waals surface area contributed by atoms with Gasteiger partial charge in [0.05, 0.1) is 0 Å². The molecular weight excluding hydrogens is 304 g/mol. The van der Waals surface area contributed by atoms with Gasteiger partial charge in [0.15, 0.2) is 0 Å². The summed E-state index contributed by atoms with van der Waals surface area (Å²) in [5, 5.41) is 12.2. The Morgan fingerprint density at radius 1 is 0.833 bits per heavy atom. The molecule has 0 bridgehead atoms. The minimum atomic E-state index is -0.0573. The van der Waals surface area contributed by atoms with Crippen molar-refractivity contribution in [2.75, 3.05) is 6.54 Å². The van der Waals surface area contributed by atoms with Gasteiger partial charge in [-0.25, -0.2) is 9.59 Å². The van der Waals surface area contributed by atoms with Gasteiger partial charge in [0.1, 0.15) is 0 Å². The summed E-state index contributed by atoms with van der Waals surface area (Å²) in [4.78, 5) is 24.0. The topological polar surface area (TPSA) is 82.3 Å². The molecule has 3 rings (SSSR count). The quantitative estimate of drug-likeness (QED) is 0.622. The van der Waals surface area contributed by atoms with E-state index < -0.39 is 0 Å². The Morgan fingerprint density at radius 2 is 1.38 bits per heavy atom. The zero-order chi connectivity index (χ0) is 17.4. The molecule has 3 aliphatic carbocycles. The molecule has 0 saturated heterocycles. The number of nitrogens with one attached hydrogen (secondary N) is 4.